The van der Waals surface area contributed by atoms with Gasteiger partial charge in [-0.15, -0.1) is 0 Å². The number of carbonyl (C=O) groups excluding carboxylic acids is 3. The number of hydrogen-bond acceptors (Lipinski definition) is 6. The van der Waals surface area contributed by atoms with Gasteiger partial charge in [-0.3, -0.25) is 14.4 Å². The maximum Gasteiger partial charge on any atom is 0.306 e. The van der Waals surface area contributed by atoms with Crippen molar-refractivity contribution in [2.24, 2.45) is 0 Å². The second-order valence-electron chi connectivity index (χ2n) is 22.0. The molecule has 0 fully saturated rings. The Bertz CT molecular complexity index is 1470. The highest BCUT2D eigenvalue weighted by Crippen LogP contribution is 2.16. The quantitative estimate of drug-likeness (QED) is 0.0261. The Labute approximate surface area is 477 Å². The van der Waals surface area contributed by atoms with Crippen LogP contribution in [0.25, 0.3) is 0 Å². The summed E-state index contributed by atoms with van der Waals surface area (Å²) >= 11 is 0. The van der Waals surface area contributed by atoms with E-state index in [-0.39, 0.29) is 31.1 Å². The summed E-state index contributed by atoms with van der Waals surface area (Å²) in [7, 11) is 0. The van der Waals surface area contributed by atoms with Crippen LogP contribution in [0.3, 0.4) is 0 Å². The summed E-state index contributed by atoms with van der Waals surface area (Å²) < 4.78 is 17.0. The molecule has 0 aromatic carbocycles. The van der Waals surface area contributed by atoms with Gasteiger partial charge in [0.1, 0.15) is 13.2 Å². The van der Waals surface area contributed by atoms with Gasteiger partial charge in [0.2, 0.25) is 0 Å². The molecule has 0 saturated heterocycles. The average Bonchev–Trinajstić information content (AvgIpc) is 3.43. The van der Waals surface area contributed by atoms with Gasteiger partial charge < -0.3 is 14.2 Å². The van der Waals surface area contributed by atoms with Crippen LogP contribution in [0.15, 0.2) is 85.1 Å². The van der Waals surface area contributed by atoms with Crippen LogP contribution in [-0.4, -0.2) is 37.2 Å². The molecule has 0 saturated carbocycles. The summed E-state index contributed by atoms with van der Waals surface area (Å²) in [6.45, 7) is 6.54. The molecule has 0 amide bonds. The van der Waals surface area contributed by atoms with Crippen LogP contribution in [0.1, 0.15) is 329 Å². The maximum atomic E-state index is 12.9. The molecule has 0 aliphatic heterocycles. The van der Waals surface area contributed by atoms with E-state index < -0.39 is 6.10 Å². The van der Waals surface area contributed by atoms with Crippen molar-refractivity contribution >= 4 is 17.9 Å². The predicted molar refractivity (Wildman–Crippen MR) is 334 cm³/mol. The first-order chi connectivity index (χ1) is 38.0. The number of esters is 3. The number of unbranched alkanes of at least 4 members (excludes halogenated alkanes) is 35. The molecule has 0 aromatic heterocycles. The van der Waals surface area contributed by atoms with Gasteiger partial charge >= 0.3 is 17.9 Å². The topological polar surface area (TPSA) is 78.9 Å². The van der Waals surface area contributed by atoms with Crippen molar-refractivity contribution < 1.29 is 28.6 Å². The van der Waals surface area contributed by atoms with E-state index >= 15 is 0 Å². The van der Waals surface area contributed by atoms with Gasteiger partial charge in [-0.25, -0.2) is 0 Å². The fourth-order valence-electron chi connectivity index (χ4n) is 9.40. The Kier molecular flexibility index (Phi) is 62.2. The largest absolute Gasteiger partial charge is 0.462 e. The SMILES string of the molecule is CC/C=C\C/C=C\C/C=C\CCCCCCCCCC(=O)OCC(COC(=O)CCCCCCCC/C=C\C/C=C\C/C=C\CCCCCCC)OC(=O)CCCCCCCCCCC/C=C\CCCCCCCCCC. The average molecular weight is 1070 g/mol. The van der Waals surface area contributed by atoms with Crippen molar-refractivity contribution in [1.29, 1.82) is 0 Å². The molecule has 444 valence electrons. The zero-order valence-corrected chi connectivity index (χ0v) is 51.0. The summed E-state index contributed by atoms with van der Waals surface area (Å²) in [6.07, 6.45) is 85.8. The third kappa shape index (κ3) is 63.3. The molecule has 77 heavy (non-hydrogen) atoms. The molecule has 0 bridgehead atoms. The fraction of sp³-hybridized carbons (Fsp3) is 0.761. The van der Waals surface area contributed by atoms with E-state index in [1.807, 2.05) is 0 Å². The summed E-state index contributed by atoms with van der Waals surface area (Å²) in [5, 5.41) is 0. The third-order valence-electron chi connectivity index (χ3n) is 14.4. The van der Waals surface area contributed by atoms with Crippen molar-refractivity contribution in [3.63, 3.8) is 0 Å². The standard InChI is InChI=1S/C71H124O6/c1-4-7-10-13-16-19-22-25-28-31-33-35-37-40-43-46-49-52-55-58-61-64-70(73)76-67-68(66-75-69(72)63-60-57-54-51-48-45-42-39-30-27-24-21-18-15-12-9-6-3)77-71(74)65-62-59-56-53-50-47-44-41-38-36-34-32-29-26-23-20-17-14-11-8-5-2/h9,12,18,21-22,25,27,30-34,37,40,68H,4-8,10-11,13-17,19-20,23-24,26,28-29,35-36,38-39,41-67H2,1-3H3/b12-9-,21-18-,25-22-,30-27-,33-31-,34-32-,40-37-. The first-order valence-corrected chi connectivity index (χ1v) is 33.1. The van der Waals surface area contributed by atoms with Gasteiger partial charge in [0.15, 0.2) is 6.10 Å². The lowest BCUT2D eigenvalue weighted by molar-refractivity contribution is -0.167. The number of carbonyl (C=O) groups is 3. The maximum absolute atomic E-state index is 12.9. The van der Waals surface area contributed by atoms with Crippen molar-refractivity contribution in [1.82, 2.24) is 0 Å². The molecule has 0 aromatic rings. The van der Waals surface area contributed by atoms with Crippen molar-refractivity contribution in [2.45, 2.75) is 335 Å². The molecule has 0 rings (SSSR count). The minimum Gasteiger partial charge on any atom is -0.462 e. The number of hydrogen-bond donors (Lipinski definition) is 0. The van der Waals surface area contributed by atoms with Gasteiger partial charge in [0.25, 0.3) is 0 Å². The second-order valence-corrected chi connectivity index (χ2v) is 22.0. The fourth-order valence-corrected chi connectivity index (χ4v) is 9.40. The number of rotatable bonds is 60. The summed E-state index contributed by atoms with van der Waals surface area (Å²) in [4.78, 5) is 38.4. The molecule has 0 spiro atoms. The number of allylic oxidation sites excluding steroid dienone is 14. The van der Waals surface area contributed by atoms with Crippen LogP contribution in [0.2, 0.25) is 0 Å². The monoisotopic (exact) mass is 1070 g/mol. The van der Waals surface area contributed by atoms with Gasteiger partial charge in [-0.2, -0.15) is 0 Å². The van der Waals surface area contributed by atoms with E-state index in [0.717, 1.165) is 103 Å². The molecule has 0 N–H and O–H groups in total. The molecule has 1 atom stereocenters. The van der Waals surface area contributed by atoms with Crippen LogP contribution in [-0.2, 0) is 28.6 Å². The lowest BCUT2D eigenvalue weighted by Crippen LogP contribution is -2.30. The first-order valence-electron chi connectivity index (χ1n) is 33.1. The normalized spacial score (nSPS) is 12.6. The smallest absolute Gasteiger partial charge is 0.306 e. The highest BCUT2D eigenvalue weighted by atomic mass is 16.6. The lowest BCUT2D eigenvalue weighted by atomic mass is 10.1. The van der Waals surface area contributed by atoms with Crippen LogP contribution < -0.4 is 0 Å². The second kappa shape index (κ2) is 65.1. The van der Waals surface area contributed by atoms with Crippen molar-refractivity contribution in [3.8, 4) is 0 Å². The van der Waals surface area contributed by atoms with Gasteiger partial charge in [-0.1, -0.05) is 279 Å². The van der Waals surface area contributed by atoms with Crippen LogP contribution in [0.4, 0.5) is 0 Å². The summed E-state index contributed by atoms with van der Waals surface area (Å²) in [5.74, 6) is -0.896. The molecule has 6 nitrogen and oxygen atoms in total. The van der Waals surface area contributed by atoms with E-state index in [9.17, 15) is 14.4 Å². The Morgan fingerprint density at radius 1 is 0.273 bits per heavy atom. The molecule has 0 aliphatic carbocycles. The van der Waals surface area contributed by atoms with Crippen LogP contribution in [0, 0.1) is 0 Å². The zero-order chi connectivity index (χ0) is 55.7. The molecule has 6 heteroatoms. The number of ether oxygens (including phenoxy) is 3. The van der Waals surface area contributed by atoms with Crippen LogP contribution in [0.5, 0.6) is 0 Å². The summed E-state index contributed by atoms with van der Waals surface area (Å²) in [5.41, 5.74) is 0. The summed E-state index contributed by atoms with van der Waals surface area (Å²) in [6, 6.07) is 0. The van der Waals surface area contributed by atoms with E-state index in [2.05, 4.69) is 106 Å². The Morgan fingerprint density at radius 3 is 0.805 bits per heavy atom. The van der Waals surface area contributed by atoms with Gasteiger partial charge in [0, 0.05) is 19.3 Å². The van der Waals surface area contributed by atoms with E-state index in [1.54, 1.807) is 0 Å². The predicted octanol–water partition coefficient (Wildman–Crippen LogP) is 22.7. The minimum absolute atomic E-state index is 0.0860. The van der Waals surface area contributed by atoms with Crippen molar-refractivity contribution in [2.75, 3.05) is 13.2 Å². The lowest BCUT2D eigenvalue weighted by Gasteiger charge is -2.18. The molecule has 1 unspecified atom stereocenters. The molecule has 0 radical (unpaired) electrons. The Morgan fingerprint density at radius 2 is 0.506 bits per heavy atom. The molecule has 0 aliphatic rings. The van der Waals surface area contributed by atoms with E-state index in [4.69, 9.17) is 14.2 Å². The molecule has 0 heterocycles. The van der Waals surface area contributed by atoms with E-state index in [1.165, 1.54) is 186 Å². The van der Waals surface area contributed by atoms with Crippen LogP contribution >= 0.6 is 0 Å². The van der Waals surface area contributed by atoms with Gasteiger partial charge in [-0.05, 0) is 116 Å². The van der Waals surface area contributed by atoms with Gasteiger partial charge in [0.05, 0.1) is 0 Å². The van der Waals surface area contributed by atoms with Crippen molar-refractivity contribution in [3.05, 3.63) is 85.1 Å². The minimum atomic E-state index is -0.790. The molecular formula is C71H124O6. The highest BCUT2D eigenvalue weighted by molar-refractivity contribution is 5.71. The van der Waals surface area contributed by atoms with E-state index in [0.29, 0.717) is 19.3 Å². The highest BCUT2D eigenvalue weighted by Gasteiger charge is 2.19. The first kappa shape index (κ1) is 73.6. The molecular weight excluding hydrogens is 949 g/mol. The third-order valence-corrected chi connectivity index (χ3v) is 14.4. The zero-order valence-electron chi connectivity index (χ0n) is 51.0. The Balaban J connectivity index is 4.40. The Hall–Kier alpha value is -3.41.